The van der Waals surface area contributed by atoms with Gasteiger partial charge in [0.05, 0.1) is 5.69 Å². The molecule has 0 fully saturated rings. The van der Waals surface area contributed by atoms with Gasteiger partial charge in [0.15, 0.2) is 5.13 Å². The Bertz CT molecular complexity index is 296. The fraction of sp³-hybridized carbons (Fsp3) is 0.750. The molecule has 0 unspecified atom stereocenters. The molecule has 0 atom stereocenters. The average Bonchev–Trinajstić information content (AvgIpc) is 2.70. The number of hydrogen-bond acceptors (Lipinski definition) is 4. The van der Waals surface area contributed by atoms with E-state index in [0.29, 0.717) is 6.04 Å². The Morgan fingerprint density at radius 2 is 2.19 bits per heavy atom. The van der Waals surface area contributed by atoms with Gasteiger partial charge in [-0.25, -0.2) is 4.98 Å². The molecule has 1 aromatic rings. The minimum atomic E-state index is 0.526. The number of anilines is 1. The van der Waals surface area contributed by atoms with Crippen molar-refractivity contribution in [3.05, 3.63) is 11.1 Å². The molecule has 1 heterocycles. The highest BCUT2D eigenvalue weighted by molar-refractivity contribution is 7.13. The normalized spacial score (nSPS) is 11.1. The van der Waals surface area contributed by atoms with Crippen molar-refractivity contribution in [3.63, 3.8) is 0 Å². The van der Waals surface area contributed by atoms with Crippen LogP contribution < -0.4 is 10.2 Å². The number of thiazole rings is 1. The predicted molar refractivity (Wildman–Crippen MR) is 72.3 cm³/mol. The minimum Gasteiger partial charge on any atom is -0.346 e. The molecule has 1 rings (SSSR count). The summed E-state index contributed by atoms with van der Waals surface area (Å²) in [5.74, 6) is 0. The van der Waals surface area contributed by atoms with Crippen molar-refractivity contribution in [1.29, 1.82) is 0 Å². The highest BCUT2D eigenvalue weighted by Crippen LogP contribution is 2.22. The minimum absolute atomic E-state index is 0.526. The Labute approximate surface area is 103 Å². The SMILES string of the molecule is CCCN(c1nc(CNCC)cs1)C(C)C. The molecule has 1 aromatic heterocycles. The maximum Gasteiger partial charge on any atom is 0.185 e. The van der Waals surface area contributed by atoms with Crippen LogP contribution in [-0.4, -0.2) is 24.1 Å². The summed E-state index contributed by atoms with van der Waals surface area (Å²) < 4.78 is 0. The first kappa shape index (κ1) is 13.5. The number of nitrogens with zero attached hydrogens (tertiary/aromatic N) is 2. The summed E-state index contributed by atoms with van der Waals surface area (Å²) in [6, 6.07) is 0.526. The molecule has 1 N–H and O–H groups in total. The molecule has 16 heavy (non-hydrogen) atoms. The lowest BCUT2D eigenvalue weighted by molar-refractivity contribution is 0.663. The lowest BCUT2D eigenvalue weighted by Crippen LogP contribution is -2.31. The Hall–Kier alpha value is -0.610. The Morgan fingerprint density at radius 3 is 2.75 bits per heavy atom. The van der Waals surface area contributed by atoms with Gasteiger partial charge in [-0.1, -0.05) is 13.8 Å². The van der Waals surface area contributed by atoms with Crippen LogP contribution >= 0.6 is 11.3 Å². The van der Waals surface area contributed by atoms with Gasteiger partial charge in [-0.2, -0.15) is 0 Å². The largest absolute Gasteiger partial charge is 0.346 e. The van der Waals surface area contributed by atoms with Crippen molar-refractivity contribution in [2.75, 3.05) is 18.0 Å². The molecule has 0 saturated heterocycles. The zero-order chi connectivity index (χ0) is 12.0. The van der Waals surface area contributed by atoms with E-state index in [1.807, 2.05) is 0 Å². The van der Waals surface area contributed by atoms with E-state index in [1.165, 1.54) is 6.42 Å². The maximum atomic E-state index is 4.67. The van der Waals surface area contributed by atoms with Crippen LogP contribution in [0.5, 0.6) is 0 Å². The van der Waals surface area contributed by atoms with Crippen LogP contribution in [-0.2, 0) is 6.54 Å². The van der Waals surface area contributed by atoms with Crippen LogP contribution in [0.15, 0.2) is 5.38 Å². The first-order valence-corrected chi connectivity index (χ1v) is 6.98. The summed E-state index contributed by atoms with van der Waals surface area (Å²) in [4.78, 5) is 7.05. The smallest absolute Gasteiger partial charge is 0.185 e. The number of nitrogens with one attached hydrogen (secondary N) is 1. The molecule has 0 radical (unpaired) electrons. The lowest BCUT2D eigenvalue weighted by atomic mass is 10.3. The monoisotopic (exact) mass is 241 g/mol. The highest BCUT2D eigenvalue weighted by Gasteiger charge is 2.13. The molecule has 0 aliphatic carbocycles. The standard InChI is InChI=1S/C12H23N3S/c1-5-7-15(10(3)4)12-14-11(9-16-12)8-13-6-2/h9-10,13H,5-8H2,1-4H3. The summed E-state index contributed by atoms with van der Waals surface area (Å²) in [7, 11) is 0. The van der Waals surface area contributed by atoms with Crippen molar-refractivity contribution >= 4 is 16.5 Å². The van der Waals surface area contributed by atoms with Crippen LogP contribution in [0.4, 0.5) is 5.13 Å². The zero-order valence-corrected chi connectivity index (χ0v) is 11.6. The topological polar surface area (TPSA) is 28.2 Å². The Kier molecular flexibility index (Phi) is 5.77. The van der Waals surface area contributed by atoms with Crippen LogP contribution in [0.1, 0.15) is 39.8 Å². The van der Waals surface area contributed by atoms with E-state index in [2.05, 4.69) is 48.3 Å². The van der Waals surface area contributed by atoms with Gasteiger partial charge in [-0.3, -0.25) is 0 Å². The average molecular weight is 241 g/mol. The van der Waals surface area contributed by atoms with E-state index in [0.717, 1.165) is 30.5 Å². The third-order valence-corrected chi connectivity index (χ3v) is 3.36. The second kappa shape index (κ2) is 6.86. The summed E-state index contributed by atoms with van der Waals surface area (Å²) in [6.07, 6.45) is 1.17. The summed E-state index contributed by atoms with van der Waals surface area (Å²) in [5, 5.41) is 6.62. The van der Waals surface area contributed by atoms with Gasteiger partial charge < -0.3 is 10.2 Å². The van der Waals surface area contributed by atoms with E-state index in [-0.39, 0.29) is 0 Å². The first-order valence-electron chi connectivity index (χ1n) is 6.10. The van der Waals surface area contributed by atoms with Crippen molar-refractivity contribution in [3.8, 4) is 0 Å². The van der Waals surface area contributed by atoms with Gasteiger partial charge in [0.2, 0.25) is 0 Å². The van der Waals surface area contributed by atoms with Gasteiger partial charge in [0, 0.05) is 24.5 Å². The molecule has 0 aromatic carbocycles. The van der Waals surface area contributed by atoms with Crippen molar-refractivity contribution in [2.45, 2.75) is 46.7 Å². The van der Waals surface area contributed by atoms with Crippen LogP contribution in [0.3, 0.4) is 0 Å². The molecule has 0 saturated carbocycles. The number of rotatable bonds is 7. The molecule has 0 aliphatic rings. The lowest BCUT2D eigenvalue weighted by Gasteiger charge is -2.25. The van der Waals surface area contributed by atoms with Gasteiger partial charge >= 0.3 is 0 Å². The maximum absolute atomic E-state index is 4.67. The molecular formula is C12H23N3S. The van der Waals surface area contributed by atoms with Crippen molar-refractivity contribution < 1.29 is 0 Å². The zero-order valence-electron chi connectivity index (χ0n) is 10.8. The second-order valence-corrected chi connectivity index (χ2v) is 5.03. The van der Waals surface area contributed by atoms with E-state index < -0.39 is 0 Å². The van der Waals surface area contributed by atoms with Gasteiger partial charge in [0.1, 0.15) is 0 Å². The summed E-state index contributed by atoms with van der Waals surface area (Å²) in [5.41, 5.74) is 1.16. The number of hydrogen-bond donors (Lipinski definition) is 1. The van der Waals surface area contributed by atoms with Crippen molar-refractivity contribution in [1.82, 2.24) is 10.3 Å². The highest BCUT2D eigenvalue weighted by atomic mass is 32.1. The van der Waals surface area contributed by atoms with Crippen molar-refractivity contribution in [2.24, 2.45) is 0 Å². The molecule has 0 aliphatic heterocycles. The van der Waals surface area contributed by atoms with Crippen LogP contribution in [0, 0.1) is 0 Å². The van der Waals surface area contributed by atoms with E-state index in [9.17, 15) is 0 Å². The molecule has 0 amide bonds. The second-order valence-electron chi connectivity index (χ2n) is 4.19. The summed E-state index contributed by atoms with van der Waals surface area (Å²) in [6.45, 7) is 11.7. The molecular weight excluding hydrogens is 218 g/mol. The fourth-order valence-corrected chi connectivity index (χ4v) is 2.56. The van der Waals surface area contributed by atoms with E-state index in [4.69, 9.17) is 0 Å². The van der Waals surface area contributed by atoms with Gasteiger partial charge in [0.25, 0.3) is 0 Å². The number of aromatic nitrogens is 1. The summed E-state index contributed by atoms with van der Waals surface area (Å²) >= 11 is 1.75. The Balaban J connectivity index is 2.65. The van der Waals surface area contributed by atoms with E-state index in [1.54, 1.807) is 11.3 Å². The van der Waals surface area contributed by atoms with E-state index >= 15 is 0 Å². The third-order valence-electron chi connectivity index (χ3n) is 2.43. The predicted octanol–water partition coefficient (Wildman–Crippen LogP) is 2.88. The molecule has 3 nitrogen and oxygen atoms in total. The van der Waals surface area contributed by atoms with Crippen LogP contribution in [0.25, 0.3) is 0 Å². The third kappa shape index (κ3) is 3.76. The Morgan fingerprint density at radius 1 is 1.44 bits per heavy atom. The first-order chi connectivity index (χ1) is 7.69. The van der Waals surface area contributed by atoms with Gasteiger partial charge in [-0.15, -0.1) is 11.3 Å². The quantitative estimate of drug-likeness (QED) is 0.795. The molecule has 0 bridgehead atoms. The fourth-order valence-electron chi connectivity index (χ4n) is 1.58. The molecule has 0 spiro atoms. The molecule has 92 valence electrons. The van der Waals surface area contributed by atoms with Crippen LogP contribution in [0.2, 0.25) is 0 Å². The molecule has 4 heteroatoms. The van der Waals surface area contributed by atoms with Gasteiger partial charge in [-0.05, 0) is 26.8 Å².